The fourth-order valence-electron chi connectivity index (χ4n) is 2.97. The van der Waals surface area contributed by atoms with Crippen molar-refractivity contribution >= 4 is 22.2 Å². The van der Waals surface area contributed by atoms with Gasteiger partial charge in [-0.1, -0.05) is 17.3 Å². The first kappa shape index (κ1) is 16.1. The molecule has 132 valence electrons. The highest BCUT2D eigenvalue weighted by atomic mass is 16.2. The summed E-state index contributed by atoms with van der Waals surface area (Å²) in [5.41, 5.74) is 1.81. The lowest BCUT2D eigenvalue weighted by molar-refractivity contribution is 0.586. The average molecular weight is 351 g/mol. The molecule has 3 heterocycles. The van der Waals surface area contributed by atoms with E-state index in [0.29, 0.717) is 36.1 Å². The third-order valence-electron chi connectivity index (χ3n) is 4.30. The van der Waals surface area contributed by atoms with Crippen LogP contribution >= 0.6 is 0 Å². The SMILES string of the molecule is Cn1cc(CCCn2c(=O)n(C)c(=O)c3nc4ccccc4nc32)nn1. The number of hydrogen-bond donors (Lipinski definition) is 0. The monoisotopic (exact) mass is 351 g/mol. The Morgan fingerprint density at radius 1 is 1.04 bits per heavy atom. The molecule has 0 saturated carbocycles. The van der Waals surface area contributed by atoms with Gasteiger partial charge in [0.15, 0.2) is 11.2 Å². The molecule has 0 N–H and O–H groups in total. The van der Waals surface area contributed by atoms with Gasteiger partial charge in [0.1, 0.15) is 0 Å². The maximum atomic E-state index is 12.6. The standard InChI is InChI=1S/C17H17N7O2/c1-22-10-11(20-21-22)6-5-9-24-15-14(16(25)23(2)17(24)26)18-12-7-3-4-8-13(12)19-15/h3-4,7-8,10H,5-6,9H2,1-2H3. The van der Waals surface area contributed by atoms with Crippen molar-refractivity contribution in [1.29, 1.82) is 0 Å². The maximum absolute atomic E-state index is 12.6. The molecule has 0 unspecified atom stereocenters. The predicted octanol–water partition coefficient (Wildman–Crippen LogP) is 0.405. The Labute approximate surface area is 147 Å². The molecule has 0 fully saturated rings. The first-order valence-electron chi connectivity index (χ1n) is 8.26. The van der Waals surface area contributed by atoms with Crippen molar-refractivity contribution in [1.82, 2.24) is 34.1 Å². The zero-order valence-corrected chi connectivity index (χ0v) is 14.5. The number of aromatic nitrogens is 7. The van der Waals surface area contributed by atoms with Crippen LogP contribution in [0.1, 0.15) is 12.1 Å². The van der Waals surface area contributed by atoms with Gasteiger partial charge in [0.05, 0.1) is 16.7 Å². The summed E-state index contributed by atoms with van der Waals surface area (Å²) in [6, 6.07) is 7.29. The first-order valence-corrected chi connectivity index (χ1v) is 8.26. The molecule has 0 aliphatic rings. The van der Waals surface area contributed by atoms with E-state index in [1.807, 2.05) is 31.4 Å². The molecule has 9 heteroatoms. The molecule has 9 nitrogen and oxygen atoms in total. The zero-order chi connectivity index (χ0) is 18.3. The summed E-state index contributed by atoms with van der Waals surface area (Å²) in [4.78, 5) is 34.0. The minimum atomic E-state index is -0.437. The van der Waals surface area contributed by atoms with Gasteiger partial charge in [-0.3, -0.25) is 18.6 Å². The van der Waals surface area contributed by atoms with Gasteiger partial charge in [0.25, 0.3) is 5.56 Å². The summed E-state index contributed by atoms with van der Waals surface area (Å²) in [5, 5.41) is 7.95. The molecule has 0 bridgehead atoms. The summed E-state index contributed by atoms with van der Waals surface area (Å²) in [6.07, 6.45) is 3.18. The molecule has 26 heavy (non-hydrogen) atoms. The third kappa shape index (κ3) is 2.67. The van der Waals surface area contributed by atoms with Crippen LogP contribution in [0.4, 0.5) is 0 Å². The molecule has 0 radical (unpaired) electrons. The molecule has 0 aliphatic carbocycles. The summed E-state index contributed by atoms with van der Waals surface area (Å²) in [5.74, 6) is 0. The van der Waals surface area contributed by atoms with Crippen molar-refractivity contribution in [2.45, 2.75) is 19.4 Å². The van der Waals surface area contributed by atoms with Crippen LogP contribution in [0.25, 0.3) is 22.2 Å². The largest absolute Gasteiger partial charge is 0.332 e. The predicted molar refractivity (Wildman–Crippen MR) is 95.9 cm³/mol. The molecule has 4 rings (SSSR count). The summed E-state index contributed by atoms with van der Waals surface area (Å²) in [6.45, 7) is 0.410. The van der Waals surface area contributed by atoms with Crippen molar-refractivity contribution in [3.63, 3.8) is 0 Å². The molecule has 3 aromatic heterocycles. The van der Waals surface area contributed by atoms with E-state index in [2.05, 4.69) is 20.3 Å². The van der Waals surface area contributed by atoms with E-state index in [9.17, 15) is 9.59 Å². The minimum Gasteiger partial charge on any atom is -0.276 e. The van der Waals surface area contributed by atoms with Crippen LogP contribution in [-0.2, 0) is 27.1 Å². The molecule has 0 amide bonds. The number of benzene rings is 1. The lowest BCUT2D eigenvalue weighted by atomic mass is 10.2. The molecule has 0 atom stereocenters. The lowest BCUT2D eigenvalue weighted by Crippen LogP contribution is -2.39. The van der Waals surface area contributed by atoms with Crippen molar-refractivity contribution in [2.75, 3.05) is 0 Å². The summed E-state index contributed by atoms with van der Waals surface area (Å²) >= 11 is 0. The average Bonchev–Trinajstić information content (AvgIpc) is 3.06. The smallest absolute Gasteiger partial charge is 0.276 e. The number of aryl methyl sites for hydroxylation is 3. The van der Waals surface area contributed by atoms with Crippen molar-refractivity contribution < 1.29 is 0 Å². The number of nitrogens with zero attached hydrogens (tertiary/aromatic N) is 7. The minimum absolute atomic E-state index is 0.199. The van der Waals surface area contributed by atoms with E-state index in [1.165, 1.54) is 11.6 Å². The van der Waals surface area contributed by atoms with E-state index >= 15 is 0 Å². The number of para-hydroxylation sites is 2. The first-order chi connectivity index (χ1) is 12.5. The van der Waals surface area contributed by atoms with Crippen molar-refractivity contribution in [3.8, 4) is 0 Å². The van der Waals surface area contributed by atoms with Crippen LogP contribution in [0.2, 0.25) is 0 Å². The second-order valence-electron chi connectivity index (χ2n) is 6.17. The fraction of sp³-hybridized carbons (Fsp3) is 0.294. The Morgan fingerprint density at radius 2 is 1.77 bits per heavy atom. The van der Waals surface area contributed by atoms with Gasteiger partial charge in [-0.15, -0.1) is 5.10 Å². The van der Waals surface area contributed by atoms with Crippen LogP contribution in [0.5, 0.6) is 0 Å². The molecule has 0 saturated heterocycles. The lowest BCUT2D eigenvalue weighted by Gasteiger charge is -2.11. The Hall–Kier alpha value is -3.36. The fourth-order valence-corrected chi connectivity index (χ4v) is 2.97. The Balaban J connectivity index is 1.80. The van der Waals surface area contributed by atoms with E-state index in [-0.39, 0.29) is 5.52 Å². The number of rotatable bonds is 4. The van der Waals surface area contributed by atoms with Gasteiger partial charge >= 0.3 is 5.69 Å². The quantitative estimate of drug-likeness (QED) is 0.494. The zero-order valence-electron chi connectivity index (χ0n) is 14.5. The summed E-state index contributed by atoms with van der Waals surface area (Å²) < 4.78 is 4.22. The van der Waals surface area contributed by atoms with Crippen LogP contribution in [0.15, 0.2) is 40.1 Å². The normalized spacial score (nSPS) is 11.5. The second-order valence-corrected chi connectivity index (χ2v) is 6.17. The van der Waals surface area contributed by atoms with Crippen LogP contribution in [0, 0.1) is 0 Å². The van der Waals surface area contributed by atoms with Gasteiger partial charge in [-0.25, -0.2) is 14.8 Å². The highest BCUT2D eigenvalue weighted by Crippen LogP contribution is 2.13. The molecule has 0 aliphatic heterocycles. The van der Waals surface area contributed by atoms with Gasteiger partial charge in [0.2, 0.25) is 0 Å². The van der Waals surface area contributed by atoms with E-state index in [4.69, 9.17) is 0 Å². The van der Waals surface area contributed by atoms with Crippen molar-refractivity contribution in [3.05, 3.63) is 57.0 Å². The van der Waals surface area contributed by atoms with E-state index in [0.717, 1.165) is 10.3 Å². The highest BCUT2D eigenvalue weighted by molar-refractivity contribution is 5.83. The molecule has 0 spiro atoms. The number of fused-ring (bicyclic) bond motifs is 2. The Bertz CT molecular complexity index is 1240. The van der Waals surface area contributed by atoms with E-state index < -0.39 is 11.2 Å². The highest BCUT2D eigenvalue weighted by Gasteiger charge is 2.14. The topological polar surface area (TPSA) is 100 Å². The Morgan fingerprint density at radius 3 is 2.46 bits per heavy atom. The van der Waals surface area contributed by atoms with Gasteiger partial charge in [-0.05, 0) is 25.0 Å². The van der Waals surface area contributed by atoms with Crippen molar-refractivity contribution in [2.24, 2.45) is 14.1 Å². The number of hydrogen-bond acceptors (Lipinski definition) is 6. The van der Waals surface area contributed by atoms with Crippen LogP contribution in [-0.4, -0.2) is 34.1 Å². The summed E-state index contributed by atoms with van der Waals surface area (Å²) in [7, 11) is 3.27. The van der Waals surface area contributed by atoms with Crippen LogP contribution in [0.3, 0.4) is 0 Å². The van der Waals surface area contributed by atoms with Gasteiger partial charge in [0, 0.05) is 26.8 Å². The Kier molecular flexibility index (Phi) is 3.83. The van der Waals surface area contributed by atoms with Gasteiger partial charge < -0.3 is 0 Å². The molecule has 1 aromatic carbocycles. The van der Waals surface area contributed by atoms with Crippen LogP contribution < -0.4 is 11.2 Å². The van der Waals surface area contributed by atoms with Gasteiger partial charge in [-0.2, -0.15) is 0 Å². The van der Waals surface area contributed by atoms with E-state index in [1.54, 1.807) is 10.7 Å². The molecular weight excluding hydrogens is 334 g/mol. The molecular formula is C17H17N7O2. The molecule has 4 aromatic rings. The third-order valence-corrected chi connectivity index (χ3v) is 4.30. The second kappa shape index (κ2) is 6.17. The maximum Gasteiger partial charge on any atom is 0.332 e.